The van der Waals surface area contributed by atoms with E-state index in [9.17, 15) is 50.8 Å². The van der Waals surface area contributed by atoms with Crippen LogP contribution in [-0.4, -0.2) is 246 Å². The van der Waals surface area contributed by atoms with Crippen molar-refractivity contribution in [3.8, 4) is 0 Å². The summed E-state index contributed by atoms with van der Waals surface area (Å²) in [6.45, 7) is 12.2. The highest BCUT2D eigenvalue weighted by Gasteiger charge is 2.61. The van der Waals surface area contributed by atoms with E-state index in [0.29, 0.717) is 24.2 Å². The van der Waals surface area contributed by atoms with Gasteiger partial charge in [0.25, 0.3) is 0 Å². The van der Waals surface area contributed by atoms with Gasteiger partial charge in [-0.15, -0.1) is 0 Å². The van der Waals surface area contributed by atoms with Crippen molar-refractivity contribution in [2.75, 3.05) is 34.5 Å². The van der Waals surface area contributed by atoms with Crippen molar-refractivity contribution in [2.45, 2.75) is 266 Å². The van der Waals surface area contributed by atoms with Gasteiger partial charge in [-0.2, -0.15) is 0 Å². The van der Waals surface area contributed by atoms with Crippen LogP contribution in [0.3, 0.4) is 0 Å². The molecule has 0 aromatic rings. The van der Waals surface area contributed by atoms with Crippen LogP contribution in [0.25, 0.3) is 0 Å². The molecule has 0 unspecified atom stereocenters. The second-order valence-corrected chi connectivity index (χ2v) is 24.7. The van der Waals surface area contributed by atoms with Crippen molar-refractivity contribution < 1.29 is 117 Å². The molecule has 32 atom stereocenters. The van der Waals surface area contributed by atoms with E-state index in [1.807, 2.05) is 13.8 Å². The molecule has 24 heteroatoms. The largest absolute Gasteiger partial charge is 0.454 e. The van der Waals surface area contributed by atoms with E-state index in [4.69, 9.17) is 66.3 Å². The minimum Gasteiger partial charge on any atom is -0.454 e. The lowest BCUT2D eigenvalue weighted by atomic mass is 9.47. The number of hydrogen-bond acceptors (Lipinski definition) is 24. The highest BCUT2D eigenvalue weighted by atomic mass is 16.8. The highest BCUT2D eigenvalue weighted by Crippen LogP contribution is 2.67. The first-order chi connectivity index (χ1) is 38.0. The number of carbonyl (C=O) groups excluding carboxylic acids is 1. The molecule has 9 N–H and O–H groups in total. The van der Waals surface area contributed by atoms with Crippen LogP contribution in [0.5, 0.6) is 0 Å². The Kier molecular flexibility index (Phi) is 20.2. The molecule has 0 spiro atoms. The van der Waals surface area contributed by atoms with Crippen LogP contribution in [0.2, 0.25) is 0 Å². The first kappa shape index (κ1) is 62.8. The number of methoxy groups -OCH3 is 3. The van der Waals surface area contributed by atoms with Crippen LogP contribution >= 0.6 is 0 Å². The predicted molar refractivity (Wildman–Crippen MR) is 274 cm³/mol. The molecule has 0 bridgehead atoms. The minimum absolute atomic E-state index is 0.00929. The molecule has 0 aromatic heterocycles. The van der Waals surface area contributed by atoms with E-state index >= 15 is 0 Å². The van der Waals surface area contributed by atoms with Crippen molar-refractivity contribution in [1.82, 2.24) is 0 Å². The Balaban J connectivity index is 0.819. The van der Waals surface area contributed by atoms with E-state index in [1.165, 1.54) is 26.7 Å². The minimum atomic E-state index is -1.81. The quantitative estimate of drug-likeness (QED) is 0.0688. The molecule has 8 fully saturated rings. The van der Waals surface area contributed by atoms with Crippen molar-refractivity contribution in [2.24, 2.45) is 34.5 Å². The number of rotatable bonds is 17. The van der Waals surface area contributed by atoms with Crippen LogP contribution < -0.4 is 0 Å². The second-order valence-electron chi connectivity index (χ2n) is 24.7. The molecule has 5 saturated heterocycles. The van der Waals surface area contributed by atoms with E-state index in [0.717, 1.165) is 51.4 Å². The molecule has 4 aliphatic carbocycles. The molecule has 3 saturated carbocycles. The molecular formula is C56H92O24. The number of carbonyl (C=O) groups is 1. The SMILES string of the molecule is CO[C@H]1[C@@H](O)[C@@H](C)O[C@@H](O[C@H]2[C@@H](OC)C[C@H](O[C@H]3CC[C@@]4(C)C(=CC[C@H]5[C@@H]6CC[C@H]([C@H](C)O[C@@H]7O[C@H](C)[C@H](O)[C@H](OC)[C@H]7O[C@@H]7O[C@H](CO[C@@H]8O[C@H](CO)[C@@H](O)[C@H](O)[C@H]8O)[C@@H](O)[C@H](O)[C@H]7O)[C@@]6(C)CC[C@@H]54)C3)O[C@@H]2C)[C@@H]1OC(C)=O. The normalized spacial score (nSPS) is 52.0. The molecule has 9 aliphatic rings. The van der Waals surface area contributed by atoms with Gasteiger partial charge in [0, 0.05) is 34.7 Å². The molecule has 0 aromatic carbocycles. The average molecular weight is 1150 g/mol. The summed E-state index contributed by atoms with van der Waals surface area (Å²) in [6.07, 6.45) is -18.1. The third kappa shape index (κ3) is 12.1. The van der Waals surface area contributed by atoms with Crippen molar-refractivity contribution >= 4 is 5.97 Å². The Hall–Kier alpha value is -1.67. The van der Waals surface area contributed by atoms with Gasteiger partial charge in [-0.25, -0.2) is 0 Å². The maximum absolute atomic E-state index is 12.1. The molecule has 5 aliphatic heterocycles. The molecule has 0 radical (unpaired) electrons. The summed E-state index contributed by atoms with van der Waals surface area (Å²) in [5.74, 6) is 0.964. The first-order valence-electron chi connectivity index (χ1n) is 29.0. The maximum Gasteiger partial charge on any atom is 0.303 e. The fourth-order valence-electron chi connectivity index (χ4n) is 15.7. The van der Waals surface area contributed by atoms with Crippen LogP contribution in [0.15, 0.2) is 11.6 Å². The molecule has 460 valence electrons. The van der Waals surface area contributed by atoms with Gasteiger partial charge >= 0.3 is 5.97 Å². The zero-order chi connectivity index (χ0) is 57.9. The number of hydrogen-bond donors (Lipinski definition) is 9. The smallest absolute Gasteiger partial charge is 0.303 e. The molecule has 24 nitrogen and oxygen atoms in total. The average Bonchev–Trinajstić information content (AvgIpc) is 4.01. The molecular weight excluding hydrogens is 1060 g/mol. The van der Waals surface area contributed by atoms with Crippen LogP contribution in [0.1, 0.15) is 106 Å². The Bertz CT molecular complexity index is 2070. The molecule has 5 heterocycles. The summed E-state index contributed by atoms with van der Waals surface area (Å²) < 4.78 is 85.4. The van der Waals surface area contributed by atoms with Crippen molar-refractivity contribution in [3.63, 3.8) is 0 Å². The van der Waals surface area contributed by atoms with Crippen LogP contribution in [0.4, 0.5) is 0 Å². The number of allylic oxidation sites excluding steroid dienone is 1. The summed E-state index contributed by atoms with van der Waals surface area (Å²) in [5.41, 5.74) is 1.38. The Morgan fingerprint density at radius 2 is 1.26 bits per heavy atom. The topological polar surface area (TPSA) is 328 Å². The molecule has 80 heavy (non-hydrogen) atoms. The van der Waals surface area contributed by atoms with Gasteiger partial charge < -0.3 is 112 Å². The molecule has 9 rings (SSSR count). The zero-order valence-electron chi connectivity index (χ0n) is 47.8. The lowest BCUT2D eigenvalue weighted by Crippen LogP contribution is -2.65. The van der Waals surface area contributed by atoms with E-state index in [2.05, 4.69) is 19.9 Å². The van der Waals surface area contributed by atoms with Gasteiger partial charge in [0.15, 0.2) is 37.6 Å². The number of aliphatic hydroxyl groups excluding tert-OH is 9. The van der Waals surface area contributed by atoms with E-state index in [-0.39, 0.29) is 29.0 Å². The van der Waals surface area contributed by atoms with E-state index < -0.39 is 167 Å². The fraction of sp³-hybridized carbons (Fsp3) is 0.946. The number of esters is 1. The first-order valence-corrected chi connectivity index (χ1v) is 29.0. The van der Waals surface area contributed by atoms with Gasteiger partial charge in [0.1, 0.15) is 85.5 Å². The monoisotopic (exact) mass is 1150 g/mol. The maximum atomic E-state index is 12.1. The summed E-state index contributed by atoms with van der Waals surface area (Å²) in [4.78, 5) is 12.1. The highest BCUT2D eigenvalue weighted by molar-refractivity contribution is 5.66. The molecule has 0 amide bonds. The Labute approximate surface area is 468 Å². The Morgan fingerprint density at radius 3 is 1.91 bits per heavy atom. The van der Waals surface area contributed by atoms with Gasteiger partial charge in [-0.3, -0.25) is 4.79 Å². The van der Waals surface area contributed by atoms with Gasteiger partial charge in [0.2, 0.25) is 0 Å². The van der Waals surface area contributed by atoms with Crippen molar-refractivity contribution in [3.05, 3.63) is 11.6 Å². The number of fused-ring (bicyclic) bond motifs is 5. The number of aliphatic hydroxyl groups is 9. The Morgan fingerprint density at radius 1 is 0.637 bits per heavy atom. The van der Waals surface area contributed by atoms with Crippen LogP contribution in [-0.2, 0) is 71.1 Å². The summed E-state index contributed by atoms with van der Waals surface area (Å²) in [5, 5.41) is 96.0. The fourth-order valence-corrected chi connectivity index (χ4v) is 15.7. The van der Waals surface area contributed by atoms with Gasteiger partial charge in [0.05, 0.1) is 49.8 Å². The lowest BCUT2D eigenvalue weighted by molar-refractivity contribution is -0.376. The predicted octanol–water partition coefficient (Wildman–Crippen LogP) is 0.0732. The third-order valence-electron chi connectivity index (χ3n) is 20.2. The zero-order valence-corrected chi connectivity index (χ0v) is 47.8. The lowest BCUT2D eigenvalue weighted by Gasteiger charge is -2.58. The van der Waals surface area contributed by atoms with Gasteiger partial charge in [-0.05, 0) is 114 Å². The third-order valence-corrected chi connectivity index (χ3v) is 20.2. The number of ether oxygens (including phenoxy) is 14. The van der Waals surface area contributed by atoms with Crippen LogP contribution in [0, 0.1) is 34.5 Å². The summed E-state index contributed by atoms with van der Waals surface area (Å²) in [7, 11) is 4.47. The summed E-state index contributed by atoms with van der Waals surface area (Å²) >= 11 is 0. The second kappa shape index (κ2) is 25.7. The van der Waals surface area contributed by atoms with Crippen molar-refractivity contribution in [1.29, 1.82) is 0 Å². The van der Waals surface area contributed by atoms with Gasteiger partial charge in [-0.1, -0.05) is 25.5 Å². The summed E-state index contributed by atoms with van der Waals surface area (Å²) in [6, 6.07) is 0. The standard InChI is InChI=1S/C56H92O24/c1-23(72-53-50(48(69-10)39(60)24(2)73-53)80-52-45(66)43(64)41(62)36(78-52)22-70-51-44(65)42(63)40(61)35(21-57)77-51)31-13-14-32-30-12-11-28-19-29(15-17-55(28,6)33(30)16-18-56(31,32)7)76-37-20-34(67-8)46(26(4)71-37)79-54-49(75-27(5)58)47(68-9)38(59)25(3)74-54/h11,23-26,29-54,57,59-66H,12-22H2,1-10H3/t23-,24+,25+,26+,29-,30-,31+,32-,33-,34-,35+,36+,37-,38-,39-,40+,41+,42-,43-,44+,45+,46+,47-,48-,49+,50+,51+,52-,53+,54-,55-,56+/m0/s1. The van der Waals surface area contributed by atoms with E-state index in [1.54, 1.807) is 21.0 Å².